The van der Waals surface area contributed by atoms with Crippen molar-refractivity contribution in [2.24, 2.45) is 0 Å². The fraction of sp³-hybridized carbons (Fsp3) is 0.649. The first-order valence-corrected chi connectivity index (χ1v) is 16.2. The van der Waals surface area contributed by atoms with Crippen molar-refractivity contribution in [3.05, 3.63) is 77.1 Å². The third kappa shape index (κ3) is 41.2. The minimum Gasteiger partial charge on any atom is -0.205 e. The van der Waals surface area contributed by atoms with Gasteiger partial charge in [0.1, 0.15) is 6.54 Å². The number of rotatable bonds is 1. The predicted molar refractivity (Wildman–Crippen MR) is 185 cm³/mol. The monoisotopic (exact) mass is 535 g/mol. The van der Waals surface area contributed by atoms with Crippen molar-refractivity contribution in [2.75, 3.05) is 0 Å². The zero-order valence-electron chi connectivity index (χ0n) is 30.2. The number of benzene rings is 1. The van der Waals surface area contributed by atoms with E-state index in [2.05, 4.69) is 75.8 Å². The Morgan fingerprint density at radius 3 is 1.00 bits per heavy atom. The summed E-state index contributed by atoms with van der Waals surface area (Å²) in [6, 6.07) is 14.9. The number of aromatic nitrogens is 1. The van der Waals surface area contributed by atoms with Crippen LogP contribution in [0.25, 0.3) is 0 Å². The molecule has 1 aliphatic rings. The Morgan fingerprint density at radius 2 is 0.789 bits per heavy atom. The fourth-order valence-corrected chi connectivity index (χ4v) is 2.32. The van der Waals surface area contributed by atoms with Gasteiger partial charge in [-0.3, -0.25) is 0 Å². The summed E-state index contributed by atoms with van der Waals surface area (Å²) < 4.78 is 2.12. The smallest absolute Gasteiger partial charge is 0.168 e. The van der Waals surface area contributed by atoms with Crippen LogP contribution in [0.5, 0.6) is 0 Å². The molecule has 2 aromatic rings. The molecule has 0 N–H and O–H groups in total. The Kier molecular flexibility index (Phi) is 76.8. The highest BCUT2D eigenvalue weighted by Crippen LogP contribution is 2.19. The van der Waals surface area contributed by atoms with Gasteiger partial charge in [-0.1, -0.05) is 138 Å². The van der Waals surface area contributed by atoms with Crippen LogP contribution in [0.1, 0.15) is 156 Å². The lowest BCUT2D eigenvalue weighted by molar-refractivity contribution is -0.693. The molecule has 0 atom stereocenters. The summed E-state index contributed by atoms with van der Waals surface area (Å²) in [5, 5.41) is 0. The van der Waals surface area contributed by atoms with Gasteiger partial charge in [0, 0.05) is 12.1 Å². The van der Waals surface area contributed by atoms with E-state index in [1.165, 1.54) is 36.8 Å². The van der Waals surface area contributed by atoms with Gasteiger partial charge in [0.15, 0.2) is 12.4 Å². The molecule has 0 radical (unpaired) electrons. The highest BCUT2D eigenvalue weighted by molar-refractivity contribution is 5.28. The van der Waals surface area contributed by atoms with Crippen molar-refractivity contribution in [3.63, 3.8) is 0 Å². The lowest BCUT2D eigenvalue weighted by Crippen LogP contribution is -2.30. The van der Waals surface area contributed by atoms with Crippen LogP contribution < -0.4 is 4.57 Å². The van der Waals surface area contributed by atoms with E-state index in [9.17, 15) is 0 Å². The first-order valence-electron chi connectivity index (χ1n) is 16.2. The molecule has 0 spiro atoms. The van der Waals surface area contributed by atoms with Gasteiger partial charge < -0.3 is 0 Å². The molecule has 1 aromatic heterocycles. The average molecular weight is 535 g/mol. The largest absolute Gasteiger partial charge is 0.205 e. The number of pyridine rings is 1. The first-order chi connectivity index (χ1) is 18.5. The molecule has 0 saturated carbocycles. The van der Waals surface area contributed by atoms with Crippen LogP contribution in [-0.2, 0) is 19.4 Å². The third-order valence-corrected chi connectivity index (χ3v) is 4.40. The summed E-state index contributed by atoms with van der Waals surface area (Å²) >= 11 is 0. The number of nitrogens with zero attached hydrogens (tertiary/aromatic N) is 1. The predicted octanol–water partition coefficient (Wildman–Crippen LogP) is 13.1. The Hall–Kier alpha value is -1.89. The molecule has 0 saturated heterocycles. The first kappa shape index (κ1) is 52.5. The summed E-state index contributed by atoms with van der Waals surface area (Å²) in [5.41, 5.74) is 6.01. The van der Waals surface area contributed by atoms with Crippen molar-refractivity contribution in [1.29, 1.82) is 0 Å². The van der Waals surface area contributed by atoms with Crippen molar-refractivity contribution in [1.82, 2.24) is 0 Å². The SMILES string of the molecule is CC.CC.CC.CC.CC.CC.CC.CC(C)=C(C)C.CC[n+]1ccccc1.c1ccc2c(c1)CCCC2. The van der Waals surface area contributed by atoms with E-state index in [-0.39, 0.29) is 0 Å². The summed E-state index contributed by atoms with van der Waals surface area (Å²) in [6.45, 7) is 39.7. The fourth-order valence-electron chi connectivity index (χ4n) is 2.32. The molecular weight excluding hydrogens is 458 g/mol. The molecular formula is C37H76N+. The lowest BCUT2D eigenvalue weighted by atomic mass is 9.92. The maximum atomic E-state index is 2.26. The molecule has 1 heterocycles. The Morgan fingerprint density at radius 1 is 0.500 bits per heavy atom. The number of hydrogen-bond acceptors (Lipinski definition) is 0. The molecule has 38 heavy (non-hydrogen) atoms. The van der Waals surface area contributed by atoms with Crippen molar-refractivity contribution in [3.8, 4) is 0 Å². The zero-order chi connectivity index (χ0) is 31.8. The molecule has 0 fully saturated rings. The van der Waals surface area contributed by atoms with E-state index >= 15 is 0 Å². The molecule has 0 amide bonds. The summed E-state index contributed by atoms with van der Waals surface area (Å²) in [6.07, 6.45) is 9.49. The quantitative estimate of drug-likeness (QED) is 0.253. The second kappa shape index (κ2) is 55.6. The molecule has 3 rings (SSSR count). The van der Waals surface area contributed by atoms with Gasteiger partial charge in [-0.25, -0.2) is 4.57 Å². The third-order valence-electron chi connectivity index (χ3n) is 4.40. The maximum Gasteiger partial charge on any atom is 0.168 e. The summed E-state index contributed by atoms with van der Waals surface area (Å²) in [5.74, 6) is 0. The molecule has 1 heteroatoms. The number of fused-ring (bicyclic) bond motifs is 1. The van der Waals surface area contributed by atoms with Crippen molar-refractivity contribution < 1.29 is 4.57 Å². The number of hydrogen-bond donors (Lipinski definition) is 0. The van der Waals surface area contributed by atoms with Gasteiger partial charge in [0.25, 0.3) is 0 Å². The zero-order valence-corrected chi connectivity index (χ0v) is 30.2. The second-order valence-electron chi connectivity index (χ2n) is 6.68. The van der Waals surface area contributed by atoms with E-state index in [4.69, 9.17) is 0 Å². The molecule has 1 aromatic carbocycles. The summed E-state index contributed by atoms with van der Waals surface area (Å²) in [7, 11) is 0. The van der Waals surface area contributed by atoms with Crippen molar-refractivity contribution in [2.45, 2.75) is 164 Å². The normalized spacial score (nSPS) is 8.61. The van der Waals surface area contributed by atoms with Gasteiger partial charge in [0.05, 0.1) is 0 Å². The standard InChI is InChI=1S/C10H12.C7H10N.C6H12.7C2H6/c1-2-6-10-8-4-3-7-9(10)5-1;1-2-8-6-4-3-5-7-8;1-5(2)6(3)4;7*1-2/h1-2,5-6H,3-4,7-8H2;3-7H,2H2,1H3;1-4H3;7*1-2H3/q;+1;;;;;;;;. The Balaban J connectivity index is -0.0000000626. The second-order valence-corrected chi connectivity index (χ2v) is 6.68. The topological polar surface area (TPSA) is 3.88 Å². The molecule has 0 aliphatic heterocycles. The van der Waals surface area contributed by atoms with Crippen LogP contribution in [-0.4, -0.2) is 0 Å². The molecule has 0 bridgehead atoms. The van der Waals surface area contributed by atoms with E-state index in [1.807, 2.05) is 115 Å². The molecule has 0 unspecified atom stereocenters. The number of aryl methyl sites for hydroxylation is 3. The molecule has 1 nitrogen and oxygen atoms in total. The Labute approximate surface area is 245 Å². The van der Waals surface area contributed by atoms with Gasteiger partial charge in [-0.15, -0.1) is 0 Å². The van der Waals surface area contributed by atoms with E-state index in [0.717, 1.165) is 6.54 Å². The van der Waals surface area contributed by atoms with Gasteiger partial charge >= 0.3 is 0 Å². The van der Waals surface area contributed by atoms with E-state index in [0.29, 0.717) is 0 Å². The van der Waals surface area contributed by atoms with Crippen LogP contribution in [0.4, 0.5) is 0 Å². The van der Waals surface area contributed by atoms with E-state index in [1.54, 1.807) is 11.1 Å². The van der Waals surface area contributed by atoms with Crippen molar-refractivity contribution >= 4 is 0 Å². The van der Waals surface area contributed by atoms with E-state index < -0.39 is 0 Å². The van der Waals surface area contributed by atoms with Crippen LogP contribution >= 0.6 is 0 Å². The van der Waals surface area contributed by atoms with Crippen LogP contribution in [0.2, 0.25) is 0 Å². The minimum absolute atomic E-state index is 1.06. The minimum atomic E-state index is 1.06. The van der Waals surface area contributed by atoms with Gasteiger partial charge in [0.2, 0.25) is 0 Å². The van der Waals surface area contributed by atoms with Crippen LogP contribution in [0, 0.1) is 0 Å². The lowest BCUT2D eigenvalue weighted by Gasteiger charge is -2.13. The highest BCUT2D eigenvalue weighted by atomic mass is 14.9. The van der Waals surface area contributed by atoms with Crippen LogP contribution in [0.3, 0.4) is 0 Å². The molecule has 228 valence electrons. The highest BCUT2D eigenvalue weighted by Gasteiger charge is 2.05. The van der Waals surface area contributed by atoms with Gasteiger partial charge in [-0.05, 0) is 71.4 Å². The van der Waals surface area contributed by atoms with Crippen LogP contribution in [0.15, 0.2) is 66.0 Å². The molecule has 1 aliphatic carbocycles. The van der Waals surface area contributed by atoms with Gasteiger partial charge in [-0.2, -0.15) is 0 Å². The summed E-state index contributed by atoms with van der Waals surface area (Å²) in [4.78, 5) is 0. The Bertz CT molecular complexity index is 569. The average Bonchev–Trinajstić information content (AvgIpc) is 3.05. The number of allylic oxidation sites excluding steroid dienone is 2. The maximum absolute atomic E-state index is 2.26.